The minimum absolute atomic E-state index is 0.0246. The molecule has 4 rings (SSSR count). The zero-order chi connectivity index (χ0) is 28.4. The number of nitrogens with zero attached hydrogens (tertiary/aromatic N) is 7. The van der Waals surface area contributed by atoms with Crippen LogP contribution in [0.2, 0.25) is 0 Å². The molecule has 0 bridgehead atoms. The minimum atomic E-state index is -1.46. The predicted octanol–water partition coefficient (Wildman–Crippen LogP) is 6.25. The number of carbonyl (C=O) groups is 1. The molecule has 4 atom stereocenters. The van der Waals surface area contributed by atoms with E-state index in [0.717, 1.165) is 81.8 Å². The van der Waals surface area contributed by atoms with Gasteiger partial charge in [0.1, 0.15) is 0 Å². The number of hydrogen-bond donors (Lipinski definition) is 2. The van der Waals surface area contributed by atoms with Crippen LogP contribution in [0, 0.1) is 17.8 Å². The Bertz CT molecular complexity index is 1040. The molecule has 0 radical (unpaired) electrons. The van der Waals surface area contributed by atoms with Gasteiger partial charge >= 0.3 is 5.97 Å². The zero-order valence-electron chi connectivity index (χ0n) is 23.4. The van der Waals surface area contributed by atoms with E-state index < -0.39 is 17.6 Å². The van der Waals surface area contributed by atoms with Crippen molar-refractivity contribution in [3.8, 4) is 0 Å². The number of hydrogen-bond acceptors (Lipinski definition) is 7. The van der Waals surface area contributed by atoms with Crippen molar-refractivity contribution in [2.24, 2.45) is 33.0 Å². The predicted molar refractivity (Wildman–Crippen MR) is 150 cm³/mol. The Kier molecular flexibility index (Phi) is 11.1. The van der Waals surface area contributed by atoms with E-state index in [2.05, 4.69) is 20.1 Å². The average Bonchev–Trinajstić information content (AvgIpc) is 3.36. The molecule has 12 nitrogen and oxygen atoms in total. The molecule has 2 saturated carbocycles. The maximum atomic E-state index is 13.3. The summed E-state index contributed by atoms with van der Waals surface area (Å²) in [6.45, 7) is 1.23. The Morgan fingerprint density at radius 3 is 2.45 bits per heavy atom. The summed E-state index contributed by atoms with van der Waals surface area (Å²) < 4.78 is 12.5. The SMILES string of the molecule is [N-]=[N+]=NCC1=C([C@H]2OC(C3CCC(OCCCO)CC3)=N[C@@]2(CC2CCCCC2CN=[N+]=[N-])C(=O)O)CCCC1. The highest BCUT2D eigenvalue weighted by Crippen LogP contribution is 2.47. The first-order chi connectivity index (χ1) is 19.5. The maximum Gasteiger partial charge on any atom is 0.336 e. The standard InChI is InChI=1S/C28H43N7O5/c29-34-31-17-21-7-2-1-6-20(21)16-28(27(37)38)25(24-9-4-3-8-22(24)18-32-35-30)40-26(33-28)19-10-12-23(13-11-19)39-15-5-14-36/h19-21,23,25,36H,1-18H2,(H,37,38)/t19?,20?,21?,23?,25-,28-/m1/s1. The van der Waals surface area contributed by atoms with E-state index in [0.29, 0.717) is 38.3 Å². The van der Waals surface area contributed by atoms with Gasteiger partial charge in [-0.3, -0.25) is 0 Å². The lowest BCUT2D eigenvalue weighted by atomic mass is 9.69. The third kappa shape index (κ3) is 7.10. The van der Waals surface area contributed by atoms with Gasteiger partial charge in [0.15, 0.2) is 12.0 Å². The summed E-state index contributed by atoms with van der Waals surface area (Å²) in [4.78, 5) is 24.2. The van der Waals surface area contributed by atoms with E-state index >= 15 is 0 Å². The Hall–Kier alpha value is -2.78. The average molecular weight is 558 g/mol. The second-order valence-corrected chi connectivity index (χ2v) is 11.7. The van der Waals surface area contributed by atoms with Gasteiger partial charge in [-0.25, -0.2) is 9.79 Å². The molecule has 4 aliphatic rings. The van der Waals surface area contributed by atoms with Crippen molar-refractivity contribution in [3.05, 3.63) is 32.0 Å². The molecular weight excluding hydrogens is 514 g/mol. The normalized spacial score (nSPS) is 32.4. The fourth-order valence-corrected chi connectivity index (χ4v) is 7.18. The van der Waals surface area contributed by atoms with Gasteiger partial charge in [0.2, 0.25) is 5.54 Å². The van der Waals surface area contributed by atoms with Crippen LogP contribution in [0.25, 0.3) is 20.9 Å². The summed E-state index contributed by atoms with van der Waals surface area (Å²) >= 11 is 0. The van der Waals surface area contributed by atoms with Crippen molar-refractivity contribution in [2.45, 2.75) is 108 Å². The highest BCUT2D eigenvalue weighted by Gasteiger charge is 2.57. The number of rotatable bonds is 13. The van der Waals surface area contributed by atoms with Crippen molar-refractivity contribution in [3.63, 3.8) is 0 Å². The Morgan fingerprint density at radius 2 is 1.75 bits per heavy atom. The molecule has 12 heteroatoms. The molecule has 2 fully saturated rings. The van der Waals surface area contributed by atoms with E-state index in [9.17, 15) is 9.90 Å². The highest BCUT2D eigenvalue weighted by atomic mass is 16.5. The van der Waals surface area contributed by atoms with E-state index in [1.807, 2.05) is 0 Å². The fraction of sp³-hybridized carbons (Fsp3) is 0.857. The zero-order valence-corrected chi connectivity index (χ0v) is 23.4. The summed E-state index contributed by atoms with van der Waals surface area (Å²) in [6.07, 6.45) is 10.8. The van der Waals surface area contributed by atoms with Crippen LogP contribution in [0.4, 0.5) is 0 Å². The van der Waals surface area contributed by atoms with E-state index in [-0.39, 0.29) is 37.0 Å². The summed E-state index contributed by atoms with van der Waals surface area (Å²) in [5.41, 5.74) is 18.4. The monoisotopic (exact) mass is 557 g/mol. The second-order valence-electron chi connectivity index (χ2n) is 11.7. The summed E-state index contributed by atoms with van der Waals surface area (Å²) in [7, 11) is 0. The van der Waals surface area contributed by atoms with E-state index in [1.54, 1.807) is 0 Å². The van der Waals surface area contributed by atoms with Crippen LogP contribution in [0.3, 0.4) is 0 Å². The Morgan fingerprint density at radius 1 is 1.02 bits per heavy atom. The first-order valence-corrected chi connectivity index (χ1v) is 15.0. The largest absolute Gasteiger partial charge is 0.479 e. The number of aliphatic hydroxyl groups excluding tert-OH is 1. The first-order valence-electron chi connectivity index (χ1n) is 15.0. The van der Waals surface area contributed by atoms with Gasteiger partial charge in [-0.05, 0) is 92.7 Å². The van der Waals surface area contributed by atoms with Crippen LogP contribution in [0.15, 0.2) is 26.4 Å². The van der Waals surface area contributed by atoms with Gasteiger partial charge in [0, 0.05) is 42.0 Å². The van der Waals surface area contributed by atoms with Crippen LogP contribution < -0.4 is 0 Å². The van der Waals surface area contributed by atoms with Gasteiger partial charge in [-0.2, -0.15) is 0 Å². The van der Waals surface area contributed by atoms with Crippen molar-refractivity contribution < 1.29 is 24.5 Å². The van der Waals surface area contributed by atoms with Crippen LogP contribution in [0.5, 0.6) is 0 Å². The van der Waals surface area contributed by atoms with E-state index in [1.165, 1.54) is 0 Å². The second kappa shape index (κ2) is 14.7. The number of aliphatic carboxylic acids is 1. The lowest BCUT2D eigenvalue weighted by molar-refractivity contribution is -0.146. The number of carboxylic acid groups (broad SMARTS) is 1. The van der Waals surface area contributed by atoms with Gasteiger partial charge in [0.25, 0.3) is 0 Å². The van der Waals surface area contributed by atoms with E-state index in [4.69, 9.17) is 30.6 Å². The van der Waals surface area contributed by atoms with Crippen LogP contribution >= 0.6 is 0 Å². The molecule has 0 amide bonds. The molecule has 1 aliphatic heterocycles. The third-order valence-electron chi connectivity index (χ3n) is 9.32. The Balaban J connectivity index is 1.65. The first kappa shape index (κ1) is 30.2. The number of azide groups is 2. The van der Waals surface area contributed by atoms with Gasteiger partial charge in [-0.15, -0.1) is 0 Å². The molecule has 0 aromatic rings. The summed E-state index contributed by atoms with van der Waals surface area (Å²) in [5.74, 6) is -0.246. The van der Waals surface area contributed by atoms with Crippen molar-refractivity contribution in [2.75, 3.05) is 26.3 Å². The van der Waals surface area contributed by atoms with Crippen molar-refractivity contribution in [1.29, 1.82) is 0 Å². The molecule has 0 spiro atoms. The number of ether oxygens (including phenoxy) is 2. The summed E-state index contributed by atoms with van der Waals surface area (Å²) in [5, 5.41) is 27.6. The summed E-state index contributed by atoms with van der Waals surface area (Å²) in [6, 6.07) is 0. The quantitative estimate of drug-likeness (QED) is 0.0888. The Labute approximate surface area is 235 Å². The van der Waals surface area contributed by atoms with Crippen LogP contribution in [-0.4, -0.2) is 66.1 Å². The molecular formula is C28H43N7O5. The highest BCUT2D eigenvalue weighted by molar-refractivity contribution is 5.91. The molecule has 0 aromatic heterocycles. The van der Waals surface area contributed by atoms with Gasteiger partial charge in [0.05, 0.1) is 6.10 Å². The van der Waals surface area contributed by atoms with Crippen LogP contribution in [0.1, 0.15) is 89.9 Å². The molecule has 2 unspecified atom stereocenters. The molecule has 2 N–H and O–H groups in total. The molecule has 3 aliphatic carbocycles. The van der Waals surface area contributed by atoms with Gasteiger partial charge in [-0.1, -0.05) is 41.5 Å². The number of carboxylic acids is 1. The number of aliphatic hydroxyl groups is 1. The molecule has 0 aromatic carbocycles. The van der Waals surface area contributed by atoms with Crippen molar-refractivity contribution in [1.82, 2.24) is 0 Å². The minimum Gasteiger partial charge on any atom is -0.479 e. The van der Waals surface area contributed by atoms with Crippen LogP contribution in [-0.2, 0) is 14.3 Å². The lowest BCUT2D eigenvalue weighted by Gasteiger charge is -2.38. The third-order valence-corrected chi connectivity index (χ3v) is 9.32. The lowest BCUT2D eigenvalue weighted by Crippen LogP contribution is -2.50. The molecule has 40 heavy (non-hydrogen) atoms. The molecule has 0 saturated heterocycles. The molecule has 1 heterocycles. The van der Waals surface area contributed by atoms with Gasteiger partial charge < -0.3 is 19.7 Å². The fourth-order valence-electron chi connectivity index (χ4n) is 7.18. The topological polar surface area (TPSA) is 186 Å². The van der Waals surface area contributed by atoms with Crippen molar-refractivity contribution >= 4 is 11.9 Å². The smallest absolute Gasteiger partial charge is 0.336 e. The molecule has 220 valence electrons. The maximum absolute atomic E-state index is 13.3. The number of aliphatic imine (C=N–C) groups is 1.